The van der Waals surface area contributed by atoms with E-state index in [1.807, 2.05) is 0 Å². The van der Waals surface area contributed by atoms with Crippen molar-refractivity contribution in [1.82, 2.24) is 4.98 Å². The quantitative estimate of drug-likeness (QED) is 0.581. The SMILES string of the molecule is Cc1cc(-c2c(F)c(Br)cc(C(F)(F)F)c2F)c(C#N)c(=O)[nH]1. The molecule has 0 aliphatic rings. The Hall–Kier alpha value is -2.21. The predicted molar refractivity (Wildman–Crippen MR) is 74.6 cm³/mol. The van der Waals surface area contributed by atoms with Crippen molar-refractivity contribution in [2.45, 2.75) is 13.1 Å². The smallest absolute Gasteiger partial charge is 0.325 e. The molecule has 120 valence electrons. The molecule has 0 aliphatic heterocycles. The van der Waals surface area contributed by atoms with Crippen molar-refractivity contribution in [3.8, 4) is 17.2 Å². The number of H-pyrrole nitrogens is 1. The number of pyridine rings is 1. The molecule has 0 bridgehead atoms. The highest BCUT2D eigenvalue weighted by molar-refractivity contribution is 9.10. The van der Waals surface area contributed by atoms with Gasteiger partial charge in [-0.05, 0) is 35.0 Å². The second kappa shape index (κ2) is 5.77. The molecule has 0 fully saturated rings. The van der Waals surface area contributed by atoms with Gasteiger partial charge >= 0.3 is 6.18 Å². The summed E-state index contributed by atoms with van der Waals surface area (Å²) < 4.78 is 66.5. The van der Waals surface area contributed by atoms with E-state index in [0.717, 1.165) is 6.07 Å². The number of benzene rings is 1. The molecule has 1 aromatic carbocycles. The van der Waals surface area contributed by atoms with Crippen LogP contribution < -0.4 is 5.56 Å². The van der Waals surface area contributed by atoms with Gasteiger partial charge in [0.1, 0.15) is 23.3 Å². The van der Waals surface area contributed by atoms with E-state index in [9.17, 15) is 26.7 Å². The van der Waals surface area contributed by atoms with Crippen LogP contribution in [-0.4, -0.2) is 4.98 Å². The molecule has 0 aliphatic carbocycles. The molecule has 23 heavy (non-hydrogen) atoms. The third kappa shape index (κ3) is 2.99. The van der Waals surface area contributed by atoms with Crippen LogP contribution in [0.3, 0.4) is 0 Å². The van der Waals surface area contributed by atoms with Gasteiger partial charge in [-0.25, -0.2) is 8.78 Å². The number of hydrogen-bond acceptors (Lipinski definition) is 2. The van der Waals surface area contributed by atoms with Gasteiger partial charge < -0.3 is 4.98 Å². The highest BCUT2D eigenvalue weighted by atomic mass is 79.9. The molecule has 0 atom stereocenters. The summed E-state index contributed by atoms with van der Waals surface area (Å²) in [5.41, 5.74) is -4.83. The number of aromatic amines is 1. The number of alkyl halides is 3. The minimum Gasteiger partial charge on any atom is -0.325 e. The fourth-order valence-corrected chi connectivity index (χ4v) is 2.47. The maximum atomic E-state index is 14.3. The van der Waals surface area contributed by atoms with Crippen LogP contribution in [0.4, 0.5) is 22.0 Å². The Morgan fingerprint density at radius 3 is 2.35 bits per heavy atom. The number of nitrogens with one attached hydrogen (secondary N) is 1. The van der Waals surface area contributed by atoms with Crippen LogP contribution in [-0.2, 0) is 6.18 Å². The van der Waals surface area contributed by atoms with E-state index in [1.165, 1.54) is 13.0 Å². The minimum atomic E-state index is -5.07. The van der Waals surface area contributed by atoms with Gasteiger partial charge in [0, 0.05) is 11.3 Å². The Morgan fingerprint density at radius 2 is 1.83 bits per heavy atom. The Kier molecular flexibility index (Phi) is 4.30. The van der Waals surface area contributed by atoms with Crippen LogP contribution in [0.15, 0.2) is 21.4 Å². The zero-order chi connectivity index (χ0) is 17.5. The third-order valence-electron chi connectivity index (χ3n) is 3.01. The van der Waals surface area contributed by atoms with Crippen LogP contribution in [0.25, 0.3) is 11.1 Å². The first kappa shape index (κ1) is 17.1. The number of nitriles is 1. The first-order valence-electron chi connectivity index (χ1n) is 5.97. The number of nitrogens with zero attached hydrogens (tertiary/aromatic N) is 1. The number of halogens is 6. The fourth-order valence-electron chi connectivity index (χ4n) is 2.04. The standard InChI is InChI=1S/C14H6BrF5N2O/c1-5-2-6(7(4-21)13(23)22-5)10-11(16)8(14(18,19)20)3-9(15)12(10)17/h2-3H,1H3,(H,22,23). The maximum absolute atomic E-state index is 14.3. The number of aromatic nitrogens is 1. The van der Waals surface area contributed by atoms with E-state index in [4.69, 9.17) is 5.26 Å². The molecular weight excluding hydrogens is 387 g/mol. The lowest BCUT2D eigenvalue weighted by molar-refractivity contribution is -0.140. The van der Waals surface area contributed by atoms with Crippen molar-refractivity contribution in [3.63, 3.8) is 0 Å². The Bertz CT molecular complexity index is 896. The van der Waals surface area contributed by atoms with E-state index >= 15 is 0 Å². The highest BCUT2D eigenvalue weighted by Crippen LogP contribution is 2.40. The van der Waals surface area contributed by atoms with Gasteiger partial charge in [0.25, 0.3) is 5.56 Å². The van der Waals surface area contributed by atoms with Crippen molar-refractivity contribution >= 4 is 15.9 Å². The second-order valence-corrected chi connectivity index (χ2v) is 5.44. The molecule has 0 unspecified atom stereocenters. The van der Waals surface area contributed by atoms with Crippen molar-refractivity contribution < 1.29 is 22.0 Å². The van der Waals surface area contributed by atoms with Crippen LogP contribution in [0.1, 0.15) is 16.8 Å². The zero-order valence-corrected chi connectivity index (χ0v) is 12.9. The van der Waals surface area contributed by atoms with Crippen molar-refractivity contribution in [3.05, 3.63) is 55.4 Å². The van der Waals surface area contributed by atoms with Crippen LogP contribution >= 0.6 is 15.9 Å². The van der Waals surface area contributed by atoms with Gasteiger partial charge in [0.2, 0.25) is 0 Å². The van der Waals surface area contributed by atoms with Crippen LogP contribution in [0.2, 0.25) is 0 Å². The molecular formula is C14H6BrF5N2O. The molecule has 0 spiro atoms. The molecule has 0 saturated carbocycles. The fraction of sp³-hybridized carbons (Fsp3) is 0.143. The number of aryl methyl sites for hydroxylation is 1. The third-order valence-corrected chi connectivity index (χ3v) is 3.59. The van der Waals surface area contributed by atoms with E-state index in [2.05, 4.69) is 20.9 Å². The summed E-state index contributed by atoms with van der Waals surface area (Å²) in [6.45, 7) is 1.37. The molecule has 1 aromatic heterocycles. The minimum absolute atomic E-state index is 0.135. The lowest BCUT2D eigenvalue weighted by Crippen LogP contribution is -2.15. The predicted octanol–water partition coefficient (Wildman–Crippen LogP) is 4.28. The van der Waals surface area contributed by atoms with Crippen LogP contribution in [0, 0.1) is 29.9 Å². The Morgan fingerprint density at radius 1 is 1.22 bits per heavy atom. The van der Waals surface area contributed by atoms with Crippen molar-refractivity contribution in [2.24, 2.45) is 0 Å². The summed E-state index contributed by atoms with van der Waals surface area (Å²) in [5.74, 6) is -3.23. The van der Waals surface area contributed by atoms with Gasteiger partial charge in [-0.15, -0.1) is 0 Å². The molecule has 0 saturated heterocycles. The average molecular weight is 393 g/mol. The Balaban J connectivity index is 2.99. The second-order valence-electron chi connectivity index (χ2n) is 4.59. The molecule has 2 rings (SSSR count). The summed E-state index contributed by atoms with van der Waals surface area (Å²) in [6, 6.07) is 2.75. The molecule has 9 heteroatoms. The van der Waals surface area contributed by atoms with Gasteiger partial charge in [-0.3, -0.25) is 4.79 Å². The summed E-state index contributed by atoms with van der Waals surface area (Å²) in [4.78, 5) is 13.9. The average Bonchev–Trinajstić information content (AvgIpc) is 2.41. The van der Waals surface area contributed by atoms with E-state index in [-0.39, 0.29) is 11.8 Å². The topological polar surface area (TPSA) is 56.6 Å². The monoisotopic (exact) mass is 392 g/mol. The molecule has 1 heterocycles. The van der Waals surface area contributed by atoms with Gasteiger partial charge in [-0.2, -0.15) is 18.4 Å². The van der Waals surface area contributed by atoms with Crippen molar-refractivity contribution in [2.75, 3.05) is 0 Å². The maximum Gasteiger partial charge on any atom is 0.419 e. The zero-order valence-electron chi connectivity index (χ0n) is 11.3. The normalized spacial score (nSPS) is 11.4. The van der Waals surface area contributed by atoms with Crippen molar-refractivity contribution in [1.29, 1.82) is 5.26 Å². The molecule has 0 radical (unpaired) electrons. The van der Waals surface area contributed by atoms with Gasteiger partial charge in [0.15, 0.2) is 0 Å². The van der Waals surface area contributed by atoms with E-state index in [0.29, 0.717) is 0 Å². The first-order valence-corrected chi connectivity index (χ1v) is 6.76. The van der Waals surface area contributed by atoms with Gasteiger partial charge in [-0.1, -0.05) is 0 Å². The summed E-state index contributed by atoms with van der Waals surface area (Å²) in [7, 11) is 0. The highest BCUT2D eigenvalue weighted by Gasteiger charge is 2.37. The largest absolute Gasteiger partial charge is 0.419 e. The molecule has 0 amide bonds. The lowest BCUT2D eigenvalue weighted by atomic mass is 9.97. The first-order chi connectivity index (χ1) is 10.6. The molecule has 1 N–H and O–H groups in total. The van der Waals surface area contributed by atoms with E-state index in [1.54, 1.807) is 0 Å². The van der Waals surface area contributed by atoms with Crippen LogP contribution in [0.5, 0.6) is 0 Å². The molecule has 2 aromatic rings. The summed E-state index contributed by atoms with van der Waals surface area (Å²) >= 11 is 2.59. The lowest BCUT2D eigenvalue weighted by Gasteiger charge is -2.14. The Labute approximate surface area is 134 Å². The molecule has 3 nitrogen and oxygen atoms in total. The van der Waals surface area contributed by atoms with E-state index < -0.39 is 50.1 Å². The number of rotatable bonds is 1. The summed E-state index contributed by atoms with van der Waals surface area (Å²) in [6.07, 6.45) is -5.07. The summed E-state index contributed by atoms with van der Waals surface area (Å²) in [5, 5.41) is 8.98. The van der Waals surface area contributed by atoms with Gasteiger partial charge in [0.05, 0.1) is 15.6 Å². The number of hydrogen-bond donors (Lipinski definition) is 1.